The van der Waals surface area contributed by atoms with Crippen LogP contribution in [-0.2, 0) is 0 Å². The van der Waals surface area contributed by atoms with Crippen LogP contribution in [0.2, 0.25) is 0 Å². The van der Waals surface area contributed by atoms with Crippen LogP contribution in [0.25, 0.3) is 54.9 Å². The summed E-state index contributed by atoms with van der Waals surface area (Å²) in [5.41, 5.74) is 5.94. The van der Waals surface area contributed by atoms with Crippen molar-refractivity contribution in [2.75, 3.05) is 0 Å². The first kappa shape index (κ1) is 19.4. The van der Waals surface area contributed by atoms with Gasteiger partial charge in [0.05, 0.1) is 16.8 Å². The van der Waals surface area contributed by atoms with Crippen molar-refractivity contribution < 1.29 is 9.90 Å². The topological polar surface area (TPSA) is 108 Å². The number of Topliss-reactive ketones (excluding diaryl/α,β-unsaturated/α-hetero) is 1. The number of nitrogens with zero attached hydrogens (tertiary/aromatic N) is 3. The number of aromatic hydroxyl groups is 1. The van der Waals surface area contributed by atoms with E-state index in [0.717, 1.165) is 54.1 Å². The van der Waals surface area contributed by atoms with Gasteiger partial charge in [-0.05, 0) is 43.3 Å². The lowest BCUT2D eigenvalue weighted by atomic mass is 10.1. The van der Waals surface area contributed by atoms with Gasteiger partial charge in [-0.3, -0.25) is 14.9 Å². The fourth-order valence-electron chi connectivity index (χ4n) is 4.02. The predicted octanol–water partition coefficient (Wildman–Crippen LogP) is 5.80. The van der Waals surface area contributed by atoms with Crippen molar-refractivity contribution >= 4 is 39.1 Å². The van der Waals surface area contributed by atoms with Crippen molar-refractivity contribution in [3.63, 3.8) is 0 Å². The van der Waals surface area contributed by atoms with Crippen LogP contribution in [0.5, 0.6) is 5.75 Å². The molecule has 7 nitrogen and oxygen atoms in total. The molecule has 0 unspecified atom stereocenters. The maximum Gasteiger partial charge on any atom is 0.169 e. The van der Waals surface area contributed by atoms with Crippen molar-refractivity contribution in [1.29, 1.82) is 0 Å². The fraction of sp³-hybridized carbons (Fsp3) is 0.0400. The zero-order valence-electron chi connectivity index (χ0n) is 17.5. The zero-order valence-corrected chi connectivity index (χ0v) is 18.3. The molecule has 0 saturated heterocycles. The summed E-state index contributed by atoms with van der Waals surface area (Å²) in [6.07, 6.45) is 4.81. The number of aromatic amines is 2. The monoisotopic (exact) mass is 451 g/mol. The minimum atomic E-state index is 0.0708. The third-order valence-corrected chi connectivity index (χ3v) is 6.83. The normalized spacial score (nSPS) is 11.4. The van der Waals surface area contributed by atoms with Crippen LogP contribution in [0.4, 0.5) is 0 Å². The van der Waals surface area contributed by atoms with E-state index in [1.54, 1.807) is 25.4 Å². The molecule has 1 aromatic carbocycles. The molecule has 0 fully saturated rings. The second-order valence-electron chi connectivity index (χ2n) is 7.79. The summed E-state index contributed by atoms with van der Waals surface area (Å²) in [5, 5.41) is 19.2. The molecule has 0 spiro atoms. The molecule has 160 valence electrons. The van der Waals surface area contributed by atoms with Crippen LogP contribution in [0, 0.1) is 0 Å². The number of H-pyrrole nitrogens is 2. The van der Waals surface area contributed by atoms with E-state index in [-0.39, 0.29) is 11.5 Å². The molecule has 0 aliphatic carbocycles. The third-order valence-electron chi connectivity index (χ3n) is 5.61. The van der Waals surface area contributed by atoms with Gasteiger partial charge in [0, 0.05) is 50.3 Å². The Labute approximate surface area is 191 Å². The van der Waals surface area contributed by atoms with Crippen molar-refractivity contribution in [3.8, 4) is 38.7 Å². The Hall–Kier alpha value is -4.30. The number of aromatic nitrogens is 5. The predicted molar refractivity (Wildman–Crippen MR) is 129 cm³/mol. The average Bonchev–Trinajstić information content (AvgIpc) is 3.55. The number of carbonyl (C=O) groups is 1. The minimum Gasteiger partial charge on any atom is -0.506 e. The zero-order chi connectivity index (χ0) is 22.5. The number of benzene rings is 1. The van der Waals surface area contributed by atoms with Gasteiger partial charge in [-0.15, -0.1) is 11.3 Å². The van der Waals surface area contributed by atoms with E-state index >= 15 is 0 Å². The van der Waals surface area contributed by atoms with Crippen molar-refractivity contribution in [2.24, 2.45) is 0 Å². The number of pyridine rings is 2. The highest BCUT2D eigenvalue weighted by Crippen LogP contribution is 2.37. The highest BCUT2D eigenvalue weighted by Gasteiger charge is 2.16. The first-order valence-electron chi connectivity index (χ1n) is 10.3. The van der Waals surface area contributed by atoms with Crippen molar-refractivity contribution in [3.05, 3.63) is 72.0 Å². The molecule has 5 heterocycles. The van der Waals surface area contributed by atoms with Gasteiger partial charge < -0.3 is 10.1 Å². The summed E-state index contributed by atoms with van der Waals surface area (Å²) in [7, 11) is 0. The molecule has 0 bridgehead atoms. The summed E-state index contributed by atoms with van der Waals surface area (Å²) >= 11 is 1.50. The third kappa shape index (κ3) is 3.28. The molecular weight excluding hydrogens is 434 g/mol. The van der Waals surface area contributed by atoms with E-state index in [4.69, 9.17) is 0 Å². The minimum absolute atomic E-state index is 0.0708. The van der Waals surface area contributed by atoms with Crippen LogP contribution in [-0.4, -0.2) is 36.0 Å². The molecule has 0 radical (unpaired) electrons. The molecule has 6 aromatic rings. The van der Waals surface area contributed by atoms with E-state index in [9.17, 15) is 9.90 Å². The van der Waals surface area contributed by atoms with Gasteiger partial charge in [0.2, 0.25) is 0 Å². The number of thiophene rings is 1. The van der Waals surface area contributed by atoms with Gasteiger partial charge in [-0.1, -0.05) is 12.1 Å². The number of nitrogens with one attached hydrogen (secondary N) is 2. The van der Waals surface area contributed by atoms with Crippen LogP contribution >= 0.6 is 11.3 Å². The molecule has 0 atom stereocenters. The molecule has 0 aliphatic rings. The number of hydrogen-bond acceptors (Lipinski definition) is 6. The molecule has 3 N–H and O–H groups in total. The second-order valence-corrected chi connectivity index (χ2v) is 8.88. The first-order chi connectivity index (χ1) is 16.1. The van der Waals surface area contributed by atoms with Crippen LogP contribution in [0.15, 0.2) is 67.1 Å². The standard InChI is InChI=1S/C25H17N5O2S/c1-13(31)22-5-6-23(33-22)17-3-2-4-20-18(17)9-21(28-20)24-19-8-15(11-27-25(19)30-29-24)14-7-16(32)12-26-10-14/h2-12,28,32H,1H3,(H,27,29,30). The highest BCUT2D eigenvalue weighted by atomic mass is 32.1. The lowest BCUT2D eigenvalue weighted by molar-refractivity contribution is 0.102. The number of carbonyl (C=O) groups excluding carboxylic acids is 1. The number of ketones is 1. The van der Waals surface area contributed by atoms with Crippen LogP contribution in [0.3, 0.4) is 0 Å². The Balaban J connectivity index is 1.48. The Morgan fingerprint density at radius 3 is 2.70 bits per heavy atom. The molecule has 8 heteroatoms. The van der Waals surface area contributed by atoms with Crippen LogP contribution in [0.1, 0.15) is 16.6 Å². The van der Waals surface area contributed by atoms with E-state index in [1.165, 1.54) is 17.5 Å². The van der Waals surface area contributed by atoms with Gasteiger partial charge >= 0.3 is 0 Å². The molecule has 0 amide bonds. The average molecular weight is 452 g/mol. The van der Waals surface area contributed by atoms with E-state index in [0.29, 0.717) is 5.65 Å². The van der Waals surface area contributed by atoms with Gasteiger partial charge in [0.15, 0.2) is 11.4 Å². The lowest BCUT2D eigenvalue weighted by Crippen LogP contribution is -1.84. The quantitative estimate of drug-likeness (QED) is 0.293. The maximum atomic E-state index is 11.8. The highest BCUT2D eigenvalue weighted by molar-refractivity contribution is 7.17. The Morgan fingerprint density at radius 2 is 1.88 bits per heavy atom. The Morgan fingerprint density at radius 1 is 1.00 bits per heavy atom. The Kier molecular flexibility index (Phi) is 4.34. The van der Waals surface area contributed by atoms with Gasteiger partial charge in [-0.2, -0.15) is 5.10 Å². The molecule has 0 saturated carbocycles. The first-order valence-corrected chi connectivity index (χ1v) is 11.1. The van der Waals surface area contributed by atoms with Crippen molar-refractivity contribution in [1.82, 2.24) is 25.1 Å². The van der Waals surface area contributed by atoms with Crippen LogP contribution < -0.4 is 0 Å². The lowest BCUT2D eigenvalue weighted by Gasteiger charge is -2.02. The SMILES string of the molecule is CC(=O)c1ccc(-c2cccc3[nH]c(-c4n[nH]c5ncc(-c6cncc(O)c6)cc45)cc23)s1. The van der Waals surface area contributed by atoms with Gasteiger partial charge in [-0.25, -0.2) is 4.98 Å². The fourth-order valence-corrected chi connectivity index (χ4v) is 4.96. The van der Waals surface area contributed by atoms with E-state index in [1.807, 2.05) is 30.3 Å². The molecule has 5 aromatic heterocycles. The van der Waals surface area contributed by atoms with E-state index in [2.05, 4.69) is 37.3 Å². The van der Waals surface area contributed by atoms with E-state index < -0.39 is 0 Å². The summed E-state index contributed by atoms with van der Waals surface area (Å²) in [4.78, 5) is 25.6. The number of rotatable bonds is 4. The maximum absolute atomic E-state index is 11.8. The number of fused-ring (bicyclic) bond motifs is 2. The smallest absolute Gasteiger partial charge is 0.169 e. The number of hydrogen-bond donors (Lipinski definition) is 3. The Bertz CT molecular complexity index is 1680. The summed E-state index contributed by atoms with van der Waals surface area (Å²) in [5.74, 6) is 0.172. The molecule has 33 heavy (non-hydrogen) atoms. The molecule has 6 rings (SSSR count). The summed E-state index contributed by atoms with van der Waals surface area (Å²) in [6.45, 7) is 1.59. The largest absolute Gasteiger partial charge is 0.506 e. The summed E-state index contributed by atoms with van der Waals surface area (Å²) in [6, 6.07) is 15.7. The van der Waals surface area contributed by atoms with Gasteiger partial charge in [0.1, 0.15) is 11.4 Å². The molecular formula is C25H17N5O2S. The molecule has 0 aliphatic heterocycles. The second kappa shape index (κ2) is 7.39. The van der Waals surface area contributed by atoms with Crippen molar-refractivity contribution in [2.45, 2.75) is 6.92 Å². The summed E-state index contributed by atoms with van der Waals surface area (Å²) < 4.78 is 0. The van der Waals surface area contributed by atoms with Gasteiger partial charge in [0.25, 0.3) is 0 Å².